The van der Waals surface area contributed by atoms with Crippen molar-refractivity contribution in [3.8, 4) is 11.5 Å². The van der Waals surface area contributed by atoms with Crippen LogP contribution in [0.1, 0.15) is 18.4 Å². The molecule has 0 unspecified atom stereocenters. The van der Waals surface area contributed by atoms with Crippen LogP contribution in [0.15, 0.2) is 12.1 Å². The van der Waals surface area contributed by atoms with E-state index in [1.165, 1.54) is 13.2 Å². The molecule has 0 spiro atoms. The number of benzene rings is 1. The van der Waals surface area contributed by atoms with Crippen molar-refractivity contribution in [3.63, 3.8) is 0 Å². The molecule has 0 heterocycles. The highest BCUT2D eigenvalue weighted by Gasteiger charge is 2.21. The zero-order valence-electron chi connectivity index (χ0n) is 17.5. The molecule has 27 heavy (non-hydrogen) atoms. The van der Waals surface area contributed by atoms with Gasteiger partial charge in [-0.3, -0.25) is 15.0 Å². The molecular weight excluding hydrogens is 348 g/mol. The van der Waals surface area contributed by atoms with Gasteiger partial charge in [0, 0.05) is 12.1 Å². The van der Waals surface area contributed by atoms with E-state index in [0.29, 0.717) is 23.6 Å². The Kier molecular flexibility index (Phi) is 10.1. The first kappa shape index (κ1) is 23.1. The first-order chi connectivity index (χ1) is 12.8. The highest BCUT2D eigenvalue weighted by atomic mass is 16.6. The smallest absolute Gasteiger partial charge is 0.277 e. The molecule has 0 fully saturated rings. The van der Waals surface area contributed by atoms with Gasteiger partial charge in [0.05, 0.1) is 25.2 Å². The summed E-state index contributed by atoms with van der Waals surface area (Å²) in [7, 11) is 11.2. The molecule has 154 valence electrons. The lowest BCUT2D eigenvalue weighted by molar-refractivity contribution is -0.385. The molecule has 1 aromatic carbocycles. The summed E-state index contributed by atoms with van der Waals surface area (Å²) < 4.78 is 10.6. The summed E-state index contributed by atoms with van der Waals surface area (Å²) in [6.45, 7) is 4.25. The van der Waals surface area contributed by atoms with Gasteiger partial charge < -0.3 is 19.3 Å². The lowest BCUT2D eigenvalue weighted by Gasteiger charge is -2.24. The fraction of sp³-hybridized carbons (Fsp3) is 0.684. The van der Waals surface area contributed by atoms with Crippen LogP contribution in [0.5, 0.6) is 11.5 Å². The molecule has 0 bridgehead atoms. The van der Waals surface area contributed by atoms with Crippen molar-refractivity contribution in [2.24, 2.45) is 0 Å². The maximum Gasteiger partial charge on any atom is 0.277 e. The molecule has 0 N–H and O–H groups in total. The number of nitro groups is 1. The van der Waals surface area contributed by atoms with Crippen molar-refractivity contribution >= 4 is 5.69 Å². The third-order valence-corrected chi connectivity index (χ3v) is 4.33. The van der Waals surface area contributed by atoms with Crippen LogP contribution < -0.4 is 9.47 Å². The van der Waals surface area contributed by atoms with Crippen molar-refractivity contribution in [1.82, 2.24) is 14.7 Å². The van der Waals surface area contributed by atoms with Gasteiger partial charge in [-0.05, 0) is 73.3 Å². The van der Waals surface area contributed by atoms with Crippen LogP contribution in [0, 0.1) is 10.1 Å². The van der Waals surface area contributed by atoms with Gasteiger partial charge in [-0.25, -0.2) is 0 Å². The van der Waals surface area contributed by atoms with Gasteiger partial charge >= 0.3 is 0 Å². The Bertz CT molecular complexity index is 579. The van der Waals surface area contributed by atoms with E-state index in [0.717, 1.165) is 39.0 Å². The van der Waals surface area contributed by atoms with Gasteiger partial charge in [0.1, 0.15) is 0 Å². The largest absolute Gasteiger partial charge is 0.493 e. The van der Waals surface area contributed by atoms with Crippen molar-refractivity contribution in [3.05, 3.63) is 27.8 Å². The van der Waals surface area contributed by atoms with Crippen LogP contribution in [-0.2, 0) is 6.54 Å². The van der Waals surface area contributed by atoms with Crippen molar-refractivity contribution in [2.45, 2.75) is 19.4 Å². The molecule has 0 aliphatic heterocycles. The molecule has 0 radical (unpaired) electrons. The summed E-state index contributed by atoms with van der Waals surface area (Å²) in [4.78, 5) is 17.8. The summed E-state index contributed by atoms with van der Waals surface area (Å²) in [5.74, 6) is 0.888. The lowest BCUT2D eigenvalue weighted by Crippen LogP contribution is -2.30. The Balaban J connectivity index is 3.00. The van der Waals surface area contributed by atoms with Crippen molar-refractivity contribution in [2.75, 3.05) is 68.6 Å². The number of nitrogens with zero attached hydrogens (tertiary/aromatic N) is 4. The van der Waals surface area contributed by atoms with Gasteiger partial charge in [0.2, 0.25) is 0 Å². The van der Waals surface area contributed by atoms with Crippen molar-refractivity contribution < 1.29 is 14.4 Å². The van der Waals surface area contributed by atoms with E-state index in [-0.39, 0.29) is 10.6 Å². The van der Waals surface area contributed by atoms with Gasteiger partial charge in [0.15, 0.2) is 11.5 Å². The zero-order chi connectivity index (χ0) is 20.4. The minimum atomic E-state index is -0.352. The fourth-order valence-corrected chi connectivity index (χ4v) is 2.94. The maximum atomic E-state index is 11.6. The summed E-state index contributed by atoms with van der Waals surface area (Å²) in [5.41, 5.74) is 0.713. The molecule has 0 amide bonds. The number of hydrogen-bond acceptors (Lipinski definition) is 7. The highest BCUT2D eigenvalue weighted by Crippen LogP contribution is 2.35. The van der Waals surface area contributed by atoms with E-state index < -0.39 is 0 Å². The SMILES string of the molecule is COc1cc(CN(CCCN(C)C)CCCN(C)C)c([N+](=O)[O-])cc1OC. The van der Waals surface area contributed by atoms with E-state index in [2.05, 4.69) is 42.9 Å². The monoisotopic (exact) mass is 382 g/mol. The van der Waals surface area contributed by atoms with Gasteiger partial charge in [-0.2, -0.15) is 0 Å². The second kappa shape index (κ2) is 11.7. The molecule has 8 nitrogen and oxygen atoms in total. The molecule has 0 saturated heterocycles. The number of rotatable bonds is 13. The Morgan fingerprint density at radius 2 is 1.37 bits per heavy atom. The topological polar surface area (TPSA) is 71.3 Å². The Morgan fingerprint density at radius 1 is 0.889 bits per heavy atom. The Hall–Kier alpha value is -1.90. The number of hydrogen-bond donors (Lipinski definition) is 0. The second-order valence-electron chi connectivity index (χ2n) is 7.18. The van der Waals surface area contributed by atoms with E-state index in [9.17, 15) is 10.1 Å². The summed E-state index contributed by atoms with van der Waals surface area (Å²) in [6.07, 6.45) is 2.02. The minimum absolute atomic E-state index is 0.0675. The first-order valence-electron chi connectivity index (χ1n) is 9.19. The third kappa shape index (κ3) is 8.11. The van der Waals surface area contributed by atoms with Gasteiger partial charge in [-0.15, -0.1) is 0 Å². The fourth-order valence-electron chi connectivity index (χ4n) is 2.94. The Labute approximate surface area is 162 Å². The number of nitro benzene ring substituents is 1. The molecule has 0 aliphatic rings. The quantitative estimate of drug-likeness (QED) is 0.383. The summed E-state index contributed by atoms with van der Waals surface area (Å²) in [5, 5.41) is 11.6. The van der Waals surface area contributed by atoms with Crippen LogP contribution in [0.2, 0.25) is 0 Å². The maximum absolute atomic E-state index is 11.6. The standard InChI is InChI=1S/C19H34N4O4/c1-20(2)9-7-11-22(12-8-10-21(3)4)15-16-13-18(26-5)19(27-6)14-17(16)23(24)25/h13-14H,7-12,15H2,1-6H3. The first-order valence-corrected chi connectivity index (χ1v) is 9.19. The molecule has 1 aromatic rings. The number of methoxy groups -OCH3 is 2. The zero-order valence-corrected chi connectivity index (χ0v) is 17.5. The molecule has 1 rings (SSSR count). The molecule has 0 saturated carbocycles. The molecular formula is C19H34N4O4. The summed E-state index contributed by atoms with van der Waals surface area (Å²) in [6, 6.07) is 3.17. The minimum Gasteiger partial charge on any atom is -0.493 e. The predicted octanol–water partition coefficient (Wildman–Crippen LogP) is 2.32. The van der Waals surface area contributed by atoms with E-state index in [1.54, 1.807) is 13.2 Å². The average molecular weight is 383 g/mol. The predicted molar refractivity (Wildman–Crippen MR) is 108 cm³/mol. The lowest BCUT2D eigenvalue weighted by atomic mass is 10.1. The van der Waals surface area contributed by atoms with E-state index >= 15 is 0 Å². The van der Waals surface area contributed by atoms with Crippen molar-refractivity contribution in [1.29, 1.82) is 0 Å². The van der Waals surface area contributed by atoms with E-state index in [4.69, 9.17) is 9.47 Å². The normalized spacial score (nSPS) is 11.4. The van der Waals surface area contributed by atoms with Crippen LogP contribution in [0.25, 0.3) is 0 Å². The molecule has 8 heteroatoms. The van der Waals surface area contributed by atoms with Gasteiger partial charge in [-0.1, -0.05) is 0 Å². The van der Waals surface area contributed by atoms with Crippen LogP contribution in [0.3, 0.4) is 0 Å². The van der Waals surface area contributed by atoms with Gasteiger partial charge in [0.25, 0.3) is 5.69 Å². The third-order valence-electron chi connectivity index (χ3n) is 4.33. The molecule has 0 atom stereocenters. The Morgan fingerprint density at radius 3 is 1.78 bits per heavy atom. The second-order valence-corrected chi connectivity index (χ2v) is 7.18. The van der Waals surface area contributed by atoms with Crippen LogP contribution >= 0.6 is 0 Å². The van der Waals surface area contributed by atoms with Crippen LogP contribution in [-0.4, -0.2) is 88.2 Å². The number of ether oxygens (including phenoxy) is 2. The average Bonchev–Trinajstić information content (AvgIpc) is 2.60. The molecule has 0 aromatic heterocycles. The molecule has 0 aliphatic carbocycles. The van der Waals surface area contributed by atoms with E-state index in [1.807, 2.05) is 0 Å². The summed E-state index contributed by atoms with van der Waals surface area (Å²) >= 11 is 0. The highest BCUT2D eigenvalue weighted by molar-refractivity contribution is 5.54. The van der Waals surface area contributed by atoms with Crippen LogP contribution in [0.4, 0.5) is 5.69 Å².